The monoisotopic (exact) mass is 224 g/mol. The molecular formula is C14H28N2. The molecule has 1 aliphatic carbocycles. The Kier molecular flexibility index (Phi) is 5.64. The first-order valence-corrected chi connectivity index (χ1v) is 7.45. The van der Waals surface area contributed by atoms with Crippen molar-refractivity contribution in [3.05, 3.63) is 0 Å². The van der Waals surface area contributed by atoms with Gasteiger partial charge in [-0.2, -0.15) is 0 Å². The minimum atomic E-state index is 0.749. The molecular weight excluding hydrogens is 196 g/mol. The summed E-state index contributed by atoms with van der Waals surface area (Å²) in [5.74, 6) is 0.936. The Balaban J connectivity index is 1.81. The molecule has 1 aliphatic heterocycles. The van der Waals surface area contributed by atoms with Gasteiger partial charge >= 0.3 is 0 Å². The number of nitrogens with one attached hydrogen (secondary N) is 2. The minimum absolute atomic E-state index is 0.749. The van der Waals surface area contributed by atoms with Crippen molar-refractivity contribution in [2.45, 2.75) is 76.7 Å². The first kappa shape index (κ1) is 12.4. The number of hydrogen-bond acceptors (Lipinski definition) is 2. The first-order valence-electron chi connectivity index (χ1n) is 7.45. The third-order valence-corrected chi connectivity index (χ3v) is 4.32. The first-order chi connectivity index (χ1) is 7.97. The Morgan fingerprint density at radius 3 is 2.06 bits per heavy atom. The number of rotatable bonds is 1. The molecule has 16 heavy (non-hydrogen) atoms. The highest BCUT2D eigenvalue weighted by atomic mass is 15.4. The second-order valence-electron chi connectivity index (χ2n) is 5.63. The largest absolute Gasteiger partial charge is 0.258 e. The van der Waals surface area contributed by atoms with Crippen LogP contribution in [0.3, 0.4) is 0 Å². The van der Waals surface area contributed by atoms with Gasteiger partial charge in [-0.05, 0) is 31.6 Å². The third-order valence-electron chi connectivity index (χ3n) is 4.32. The van der Waals surface area contributed by atoms with Gasteiger partial charge in [-0.25, -0.2) is 0 Å². The van der Waals surface area contributed by atoms with Crippen LogP contribution in [0, 0.1) is 5.92 Å². The zero-order valence-corrected chi connectivity index (χ0v) is 10.6. The maximum Gasteiger partial charge on any atom is 0.0241 e. The maximum atomic E-state index is 3.59. The van der Waals surface area contributed by atoms with Gasteiger partial charge in [-0.3, -0.25) is 10.9 Å². The van der Waals surface area contributed by atoms with Crippen LogP contribution in [0.4, 0.5) is 0 Å². The lowest BCUT2D eigenvalue weighted by Crippen LogP contribution is -2.46. The van der Waals surface area contributed by atoms with E-state index in [2.05, 4.69) is 10.9 Å². The van der Waals surface area contributed by atoms with E-state index in [0.717, 1.165) is 18.5 Å². The summed E-state index contributed by atoms with van der Waals surface area (Å²) in [6.45, 7) is 1.16. The van der Waals surface area contributed by atoms with Crippen molar-refractivity contribution >= 4 is 0 Å². The van der Waals surface area contributed by atoms with Crippen molar-refractivity contribution in [1.82, 2.24) is 10.9 Å². The molecule has 1 saturated carbocycles. The topological polar surface area (TPSA) is 24.1 Å². The SMILES string of the molecule is C1CCCC(C2CCCCCNN2)CCC1. The highest BCUT2D eigenvalue weighted by Crippen LogP contribution is 2.27. The van der Waals surface area contributed by atoms with Crippen LogP contribution < -0.4 is 10.9 Å². The second-order valence-corrected chi connectivity index (χ2v) is 5.63. The maximum absolute atomic E-state index is 3.59. The molecule has 2 nitrogen and oxygen atoms in total. The van der Waals surface area contributed by atoms with Crippen LogP contribution in [0.25, 0.3) is 0 Å². The van der Waals surface area contributed by atoms with Gasteiger partial charge in [0.05, 0.1) is 0 Å². The van der Waals surface area contributed by atoms with Crippen molar-refractivity contribution in [2.75, 3.05) is 6.54 Å². The van der Waals surface area contributed by atoms with E-state index in [9.17, 15) is 0 Å². The molecule has 0 amide bonds. The Morgan fingerprint density at radius 2 is 1.25 bits per heavy atom. The van der Waals surface area contributed by atoms with Crippen LogP contribution in [-0.4, -0.2) is 12.6 Å². The van der Waals surface area contributed by atoms with Crippen molar-refractivity contribution in [3.8, 4) is 0 Å². The van der Waals surface area contributed by atoms with Gasteiger partial charge in [-0.1, -0.05) is 44.9 Å². The fourth-order valence-corrected chi connectivity index (χ4v) is 3.27. The van der Waals surface area contributed by atoms with E-state index in [4.69, 9.17) is 0 Å². The molecule has 2 heteroatoms. The lowest BCUT2D eigenvalue weighted by Gasteiger charge is -2.31. The molecule has 1 unspecified atom stereocenters. The van der Waals surface area contributed by atoms with E-state index >= 15 is 0 Å². The molecule has 0 radical (unpaired) electrons. The second kappa shape index (κ2) is 7.29. The molecule has 2 rings (SSSR count). The Morgan fingerprint density at radius 1 is 0.625 bits per heavy atom. The van der Waals surface area contributed by atoms with Crippen LogP contribution in [0.15, 0.2) is 0 Å². The molecule has 0 aromatic heterocycles. The van der Waals surface area contributed by atoms with E-state index < -0.39 is 0 Å². The fraction of sp³-hybridized carbons (Fsp3) is 1.00. The van der Waals surface area contributed by atoms with Gasteiger partial charge in [0.1, 0.15) is 0 Å². The zero-order valence-electron chi connectivity index (χ0n) is 10.6. The fourth-order valence-electron chi connectivity index (χ4n) is 3.27. The molecule has 94 valence electrons. The predicted molar refractivity (Wildman–Crippen MR) is 69.2 cm³/mol. The Hall–Kier alpha value is -0.0800. The molecule has 0 aromatic rings. The van der Waals surface area contributed by atoms with Crippen LogP contribution >= 0.6 is 0 Å². The molecule has 1 saturated heterocycles. The molecule has 2 aliphatic rings. The van der Waals surface area contributed by atoms with Gasteiger partial charge in [0.25, 0.3) is 0 Å². The predicted octanol–water partition coefficient (Wildman–Crippen LogP) is 3.38. The van der Waals surface area contributed by atoms with Gasteiger partial charge in [0, 0.05) is 12.6 Å². The zero-order chi connectivity index (χ0) is 11.1. The molecule has 2 fully saturated rings. The molecule has 0 bridgehead atoms. The normalized spacial score (nSPS) is 31.1. The summed E-state index contributed by atoms with van der Waals surface area (Å²) >= 11 is 0. The van der Waals surface area contributed by atoms with E-state index in [1.54, 1.807) is 0 Å². The quantitative estimate of drug-likeness (QED) is 0.713. The van der Waals surface area contributed by atoms with Crippen molar-refractivity contribution in [2.24, 2.45) is 5.92 Å². The van der Waals surface area contributed by atoms with E-state index in [1.807, 2.05) is 0 Å². The lowest BCUT2D eigenvalue weighted by molar-refractivity contribution is 0.236. The summed E-state index contributed by atoms with van der Waals surface area (Å²) in [7, 11) is 0. The van der Waals surface area contributed by atoms with Crippen LogP contribution in [0.1, 0.15) is 70.6 Å². The average molecular weight is 224 g/mol. The summed E-state index contributed by atoms with van der Waals surface area (Å²) in [4.78, 5) is 0. The van der Waals surface area contributed by atoms with Crippen molar-refractivity contribution in [1.29, 1.82) is 0 Å². The Labute approximate surface area is 101 Å². The van der Waals surface area contributed by atoms with Crippen LogP contribution in [0.5, 0.6) is 0 Å². The summed E-state index contributed by atoms with van der Waals surface area (Å²) in [6.07, 6.45) is 15.8. The minimum Gasteiger partial charge on any atom is -0.258 e. The molecule has 1 heterocycles. The van der Waals surface area contributed by atoms with Crippen molar-refractivity contribution in [3.63, 3.8) is 0 Å². The summed E-state index contributed by atoms with van der Waals surface area (Å²) in [5.41, 5.74) is 7.01. The highest BCUT2D eigenvalue weighted by molar-refractivity contribution is 4.78. The standard InChI is InChI=1S/C14H28N2/c1-2-5-9-13(10-6-3-1)14-11-7-4-8-12-15-16-14/h13-16H,1-12H2. The van der Waals surface area contributed by atoms with Gasteiger partial charge in [0.2, 0.25) is 0 Å². The molecule has 1 atom stereocenters. The van der Waals surface area contributed by atoms with Crippen molar-refractivity contribution < 1.29 is 0 Å². The van der Waals surface area contributed by atoms with Gasteiger partial charge in [-0.15, -0.1) is 0 Å². The van der Waals surface area contributed by atoms with Gasteiger partial charge in [0.15, 0.2) is 0 Å². The van der Waals surface area contributed by atoms with E-state index in [-0.39, 0.29) is 0 Å². The van der Waals surface area contributed by atoms with E-state index in [0.29, 0.717) is 0 Å². The molecule has 2 N–H and O–H groups in total. The third kappa shape index (κ3) is 4.06. The summed E-state index contributed by atoms with van der Waals surface area (Å²) < 4.78 is 0. The van der Waals surface area contributed by atoms with E-state index in [1.165, 1.54) is 70.6 Å². The molecule has 0 spiro atoms. The molecule has 0 aromatic carbocycles. The van der Waals surface area contributed by atoms with Gasteiger partial charge < -0.3 is 0 Å². The number of hydrazine groups is 1. The smallest absolute Gasteiger partial charge is 0.0241 e. The average Bonchev–Trinajstić information content (AvgIpc) is 2.18. The summed E-state index contributed by atoms with van der Waals surface area (Å²) in [6, 6.07) is 0.749. The highest BCUT2D eigenvalue weighted by Gasteiger charge is 2.22. The Bertz CT molecular complexity index is 146. The lowest BCUT2D eigenvalue weighted by atomic mass is 9.84. The summed E-state index contributed by atoms with van der Waals surface area (Å²) in [5, 5.41) is 0. The van der Waals surface area contributed by atoms with Crippen LogP contribution in [0.2, 0.25) is 0 Å². The number of hydrogen-bond donors (Lipinski definition) is 2. The van der Waals surface area contributed by atoms with Crippen LogP contribution in [-0.2, 0) is 0 Å².